The van der Waals surface area contributed by atoms with E-state index < -0.39 is 29.1 Å². The van der Waals surface area contributed by atoms with Crippen molar-refractivity contribution in [1.82, 2.24) is 0 Å². The number of alkyl halides is 2. The quantitative estimate of drug-likeness (QED) is 0.0938. The predicted octanol–water partition coefficient (Wildman–Crippen LogP) is 5.49. The number of rotatable bonds is 4. The zero-order valence-corrected chi connectivity index (χ0v) is 30.4. The Balaban J connectivity index is 0. The predicted molar refractivity (Wildman–Crippen MR) is 165 cm³/mol. The largest absolute Gasteiger partial charge is 1.00 e. The van der Waals surface area contributed by atoms with Crippen molar-refractivity contribution in [3.8, 4) is 6.07 Å². The number of aryl methyl sites for hydroxylation is 3. The fraction of sp³-hybridized carbons (Fsp3) is 0.182. The number of nitrogen functional groups attached to an aromatic ring is 1. The van der Waals surface area contributed by atoms with Gasteiger partial charge in [-0.15, -0.1) is 0 Å². The summed E-state index contributed by atoms with van der Waals surface area (Å²) in [6.45, 7) is 6.34. The number of carbonyl (C=O) groups is 2. The summed E-state index contributed by atoms with van der Waals surface area (Å²) >= 11 is 3.15. The summed E-state index contributed by atoms with van der Waals surface area (Å²) in [5, 5.41) is 17.2. The van der Waals surface area contributed by atoms with Gasteiger partial charge in [0.05, 0.1) is 16.8 Å². The summed E-state index contributed by atoms with van der Waals surface area (Å²) in [5.41, 5.74) is 5.90. The number of nitriles is 1. The van der Waals surface area contributed by atoms with E-state index in [9.17, 15) is 31.5 Å². The molecule has 0 aliphatic carbocycles. The average molecular weight is 734 g/mol. The second kappa shape index (κ2) is 21.8. The van der Waals surface area contributed by atoms with E-state index in [2.05, 4.69) is 15.9 Å². The number of anilines is 1. The maximum atomic E-state index is 13.4. The average Bonchev–Trinajstić information content (AvgIpc) is 2.96. The van der Waals surface area contributed by atoms with Gasteiger partial charge in [-0.25, -0.2) is 26.7 Å². The summed E-state index contributed by atoms with van der Waals surface area (Å²) in [5.74, 6) is -3.39. The van der Waals surface area contributed by atoms with Crippen LogP contribution in [0, 0.1) is 55.4 Å². The van der Waals surface area contributed by atoms with E-state index in [0.717, 1.165) is 18.1 Å². The van der Waals surface area contributed by atoms with Gasteiger partial charge >= 0.3 is 57.4 Å². The van der Waals surface area contributed by atoms with Crippen LogP contribution in [-0.4, -0.2) is 22.8 Å². The Morgan fingerprint density at radius 3 is 1.76 bits per heavy atom. The van der Waals surface area contributed by atoms with Crippen molar-refractivity contribution in [3.05, 3.63) is 135 Å². The van der Waals surface area contributed by atoms with Crippen LogP contribution in [0.25, 0.3) is 0 Å². The number of carbonyl (C=O) groups excluding carboxylic acids is 1. The van der Waals surface area contributed by atoms with Gasteiger partial charge < -0.3 is 16.3 Å². The van der Waals surface area contributed by atoms with E-state index in [1.807, 2.05) is 6.92 Å². The SMILES string of the molecule is CC(F)(C=O)c1ccc(CBr)cc1F.Cc1ccc(C#N)c(F)c1.Cc1ccc(C(=O)O)c(F)c1.Cc1ccc(N)c(F)c1.[K+].[OH-]. The van der Waals surface area contributed by atoms with Crippen molar-refractivity contribution in [2.24, 2.45) is 0 Å². The van der Waals surface area contributed by atoms with Gasteiger partial charge in [0.2, 0.25) is 0 Å². The third-order valence-corrected chi connectivity index (χ3v) is 6.34. The molecular weight excluding hydrogens is 702 g/mol. The third kappa shape index (κ3) is 15.1. The number of hydrogen-bond donors (Lipinski definition) is 2. The molecule has 0 heterocycles. The molecule has 6 nitrogen and oxygen atoms in total. The molecule has 4 aromatic carbocycles. The molecule has 1 atom stereocenters. The fourth-order valence-corrected chi connectivity index (χ4v) is 3.59. The number of aldehydes is 1. The van der Waals surface area contributed by atoms with Gasteiger partial charge in [0.1, 0.15) is 29.3 Å². The fourth-order valence-electron chi connectivity index (χ4n) is 3.24. The van der Waals surface area contributed by atoms with Gasteiger partial charge in [0, 0.05) is 10.9 Å². The number of benzene rings is 4. The van der Waals surface area contributed by atoms with Gasteiger partial charge in [0.25, 0.3) is 0 Å². The van der Waals surface area contributed by atoms with Crippen LogP contribution >= 0.6 is 15.9 Å². The molecule has 4 N–H and O–H groups in total. The zero-order valence-electron chi connectivity index (χ0n) is 25.7. The molecule has 0 aliphatic heterocycles. The maximum Gasteiger partial charge on any atom is 1.00 e. The molecule has 0 bridgehead atoms. The van der Waals surface area contributed by atoms with Gasteiger partial charge in [-0.05, 0) is 92.4 Å². The van der Waals surface area contributed by atoms with Crippen molar-refractivity contribution in [3.63, 3.8) is 0 Å². The van der Waals surface area contributed by atoms with Crippen LogP contribution in [0.5, 0.6) is 0 Å². The van der Waals surface area contributed by atoms with Gasteiger partial charge in [-0.1, -0.05) is 46.3 Å². The second-order valence-corrected chi connectivity index (χ2v) is 10.1. The van der Waals surface area contributed by atoms with Gasteiger partial charge in [-0.2, -0.15) is 5.26 Å². The zero-order chi connectivity index (χ0) is 33.6. The van der Waals surface area contributed by atoms with E-state index in [0.29, 0.717) is 16.5 Å². The Morgan fingerprint density at radius 1 is 0.870 bits per heavy atom. The molecule has 0 radical (unpaired) electrons. The molecule has 46 heavy (non-hydrogen) atoms. The smallest absolute Gasteiger partial charge is 0.870 e. The minimum Gasteiger partial charge on any atom is -0.870 e. The number of hydrogen-bond acceptors (Lipinski definition) is 5. The standard InChI is InChI=1S/C10H9BrF2O.C8H6FN.C8H7FO2.C7H8FN.K.H2O/c1-10(13,6-14)8-3-2-7(5-11)4-9(8)12;1-6-2-3-7(5-10)8(9)4-6;1-5-2-3-6(8(10)11)7(9)4-5;1-5-2-3-7(9)6(8)4-5;;/h2-4,6H,5H2,1H3;2-4H,1H3;2-4H,1H3,(H,10,11);2-4H,9H2,1H3;;1H2/q;;;;+1;/p-1. The van der Waals surface area contributed by atoms with Crippen LogP contribution in [0.1, 0.15) is 50.7 Å². The molecule has 0 amide bonds. The van der Waals surface area contributed by atoms with Crippen molar-refractivity contribution in [2.75, 3.05) is 5.73 Å². The molecule has 0 saturated carbocycles. The molecule has 4 rings (SSSR count). The summed E-state index contributed by atoms with van der Waals surface area (Å²) in [7, 11) is 0. The number of nitrogens with zero attached hydrogens (tertiary/aromatic N) is 1. The summed E-state index contributed by atoms with van der Waals surface area (Å²) < 4.78 is 64.5. The van der Waals surface area contributed by atoms with E-state index in [-0.39, 0.29) is 91.3 Å². The number of aromatic carboxylic acids is 1. The Kier molecular flexibility index (Phi) is 21.4. The Bertz CT molecular complexity index is 1650. The monoisotopic (exact) mass is 732 g/mol. The molecule has 0 saturated heterocycles. The Labute approximate surface area is 315 Å². The van der Waals surface area contributed by atoms with Crippen LogP contribution in [0.4, 0.5) is 27.6 Å². The molecule has 0 fully saturated rings. The summed E-state index contributed by atoms with van der Waals surface area (Å²) in [6, 6.07) is 19.1. The first kappa shape index (κ1) is 45.2. The minimum atomic E-state index is -2.26. The third-order valence-electron chi connectivity index (χ3n) is 5.69. The molecule has 1 unspecified atom stereocenters. The Hall–Kier alpha value is -2.96. The molecule has 240 valence electrons. The normalized spacial score (nSPS) is 10.6. The van der Waals surface area contributed by atoms with Crippen LogP contribution in [0.2, 0.25) is 0 Å². The van der Waals surface area contributed by atoms with Crippen molar-refractivity contribution < 1.29 is 93.5 Å². The van der Waals surface area contributed by atoms with Crippen LogP contribution in [0.15, 0.2) is 72.8 Å². The van der Waals surface area contributed by atoms with Gasteiger partial charge in [-0.3, -0.25) is 4.79 Å². The van der Waals surface area contributed by atoms with E-state index in [4.69, 9.17) is 16.1 Å². The molecule has 13 heteroatoms. The number of carboxylic acid groups (broad SMARTS) is 1. The first-order valence-electron chi connectivity index (χ1n) is 12.7. The minimum absolute atomic E-state index is 0. The second-order valence-electron chi connectivity index (χ2n) is 9.55. The summed E-state index contributed by atoms with van der Waals surface area (Å²) in [6.07, 6.45) is 0.0964. The Morgan fingerprint density at radius 2 is 1.37 bits per heavy atom. The molecule has 0 spiro atoms. The van der Waals surface area contributed by atoms with Crippen molar-refractivity contribution in [1.29, 1.82) is 5.26 Å². The molecule has 0 aliphatic rings. The maximum absolute atomic E-state index is 13.4. The van der Waals surface area contributed by atoms with Crippen LogP contribution in [-0.2, 0) is 15.8 Å². The van der Waals surface area contributed by atoms with Gasteiger partial charge in [0.15, 0.2) is 12.0 Å². The first-order valence-corrected chi connectivity index (χ1v) is 13.9. The van der Waals surface area contributed by atoms with Crippen molar-refractivity contribution in [2.45, 2.75) is 38.7 Å². The first-order chi connectivity index (χ1) is 20.6. The molecule has 0 aromatic heterocycles. The number of carboxylic acids is 1. The van der Waals surface area contributed by atoms with E-state index in [1.165, 1.54) is 42.5 Å². The topological polar surface area (TPSA) is 134 Å². The number of halogens is 6. The van der Waals surface area contributed by atoms with E-state index in [1.54, 1.807) is 50.2 Å². The molecule has 4 aromatic rings. The van der Waals surface area contributed by atoms with E-state index >= 15 is 0 Å². The van der Waals surface area contributed by atoms with Crippen molar-refractivity contribution >= 4 is 33.9 Å². The number of nitrogens with two attached hydrogens (primary N) is 1. The molecular formula is C33H31BrF5KN2O4. The summed E-state index contributed by atoms with van der Waals surface area (Å²) in [4.78, 5) is 20.7. The van der Waals surface area contributed by atoms with Crippen LogP contribution < -0.4 is 57.1 Å². The van der Waals surface area contributed by atoms with Crippen LogP contribution in [0.3, 0.4) is 0 Å².